The number of amides is 1. The minimum atomic E-state index is -3.25. The lowest BCUT2D eigenvalue weighted by atomic mass is 10.0. The van der Waals surface area contributed by atoms with Crippen molar-refractivity contribution in [2.75, 3.05) is 36.4 Å². The van der Waals surface area contributed by atoms with Gasteiger partial charge in [0.05, 0.1) is 17.5 Å². The monoisotopic (exact) mass is 442 g/mol. The van der Waals surface area contributed by atoms with Crippen molar-refractivity contribution >= 4 is 21.6 Å². The molecule has 3 heterocycles. The van der Waals surface area contributed by atoms with Crippen LogP contribution in [0.5, 0.6) is 11.5 Å². The zero-order valence-electron chi connectivity index (χ0n) is 17.5. The van der Waals surface area contributed by atoms with Gasteiger partial charge in [-0.2, -0.15) is 0 Å². The van der Waals surface area contributed by atoms with Gasteiger partial charge >= 0.3 is 0 Å². The molecular formula is C23H26N2O5S. The summed E-state index contributed by atoms with van der Waals surface area (Å²) in [5, 5.41) is 0. The average Bonchev–Trinajstić information content (AvgIpc) is 3.39. The number of sulfonamides is 1. The van der Waals surface area contributed by atoms with Crippen LogP contribution in [0, 0.1) is 6.92 Å². The molecule has 0 saturated carbocycles. The van der Waals surface area contributed by atoms with Crippen molar-refractivity contribution in [2.45, 2.75) is 32.2 Å². The van der Waals surface area contributed by atoms with Crippen LogP contribution in [0.3, 0.4) is 0 Å². The third-order valence-corrected chi connectivity index (χ3v) is 8.17. The molecule has 5 rings (SSSR count). The van der Waals surface area contributed by atoms with Crippen molar-refractivity contribution in [1.82, 2.24) is 4.90 Å². The largest absolute Gasteiger partial charge is 0.486 e. The maximum absolute atomic E-state index is 13.5. The summed E-state index contributed by atoms with van der Waals surface area (Å²) in [4.78, 5) is 15.4. The fourth-order valence-corrected chi connectivity index (χ4v) is 6.38. The van der Waals surface area contributed by atoms with E-state index in [-0.39, 0.29) is 17.7 Å². The lowest BCUT2D eigenvalue weighted by Gasteiger charge is -2.29. The maximum Gasteiger partial charge on any atom is 0.254 e. The number of nitrogens with zero attached hydrogens (tertiary/aromatic N) is 2. The third kappa shape index (κ3) is 3.52. The molecule has 0 aliphatic carbocycles. The van der Waals surface area contributed by atoms with Crippen molar-refractivity contribution < 1.29 is 22.7 Å². The van der Waals surface area contributed by atoms with Gasteiger partial charge in [-0.05, 0) is 56.0 Å². The van der Waals surface area contributed by atoms with Crippen LogP contribution < -0.4 is 13.8 Å². The van der Waals surface area contributed by atoms with Crippen molar-refractivity contribution in [1.29, 1.82) is 0 Å². The third-order valence-electron chi connectivity index (χ3n) is 6.30. The predicted molar refractivity (Wildman–Crippen MR) is 117 cm³/mol. The molecule has 31 heavy (non-hydrogen) atoms. The van der Waals surface area contributed by atoms with E-state index in [1.165, 1.54) is 4.31 Å². The summed E-state index contributed by atoms with van der Waals surface area (Å²) < 4.78 is 37.6. The average molecular weight is 443 g/mol. The van der Waals surface area contributed by atoms with Gasteiger partial charge in [-0.1, -0.05) is 12.1 Å². The molecule has 164 valence electrons. The van der Waals surface area contributed by atoms with Crippen LogP contribution in [0.2, 0.25) is 0 Å². The minimum Gasteiger partial charge on any atom is -0.486 e. The second-order valence-corrected chi connectivity index (χ2v) is 10.3. The summed E-state index contributed by atoms with van der Waals surface area (Å²) in [5.74, 6) is 1.61. The van der Waals surface area contributed by atoms with E-state index >= 15 is 0 Å². The highest BCUT2D eigenvalue weighted by Gasteiger charge is 2.35. The molecule has 2 aromatic carbocycles. The van der Waals surface area contributed by atoms with Crippen molar-refractivity contribution in [3.8, 4) is 11.5 Å². The summed E-state index contributed by atoms with van der Waals surface area (Å²) in [5.41, 5.74) is 3.01. The van der Waals surface area contributed by atoms with Gasteiger partial charge < -0.3 is 14.4 Å². The van der Waals surface area contributed by atoms with Gasteiger partial charge in [0.25, 0.3) is 5.91 Å². The standard InChI is InChI=1S/C23H26N2O5S/c1-16-15-17(25-11-4-14-31(25,27)28)8-9-18(16)23(26)24-10-3-6-20(24)19-5-2-7-21-22(19)30-13-12-29-21/h2,5,7-9,15,20H,3-4,6,10-14H2,1H3. The van der Waals surface area contributed by atoms with E-state index in [9.17, 15) is 13.2 Å². The second-order valence-electron chi connectivity index (χ2n) is 8.27. The number of para-hydroxylation sites is 1. The van der Waals surface area contributed by atoms with E-state index in [2.05, 4.69) is 0 Å². The van der Waals surface area contributed by atoms with Gasteiger partial charge in [-0.25, -0.2) is 8.42 Å². The zero-order chi connectivity index (χ0) is 21.6. The van der Waals surface area contributed by atoms with Gasteiger partial charge in [-0.15, -0.1) is 0 Å². The van der Waals surface area contributed by atoms with E-state index in [4.69, 9.17) is 9.47 Å². The van der Waals surface area contributed by atoms with Crippen molar-refractivity contribution in [2.24, 2.45) is 0 Å². The Morgan fingerprint density at radius 2 is 1.90 bits per heavy atom. The van der Waals surface area contributed by atoms with Crippen LogP contribution in [0.4, 0.5) is 5.69 Å². The lowest BCUT2D eigenvalue weighted by Crippen LogP contribution is -2.32. The van der Waals surface area contributed by atoms with Crippen LogP contribution >= 0.6 is 0 Å². The first-order valence-corrected chi connectivity index (χ1v) is 12.4. The summed E-state index contributed by atoms with van der Waals surface area (Å²) >= 11 is 0. The smallest absolute Gasteiger partial charge is 0.254 e. The van der Waals surface area contributed by atoms with Gasteiger partial charge in [0, 0.05) is 24.2 Å². The first-order valence-electron chi connectivity index (χ1n) is 10.8. The number of hydrogen-bond acceptors (Lipinski definition) is 5. The number of ether oxygens (including phenoxy) is 2. The first-order chi connectivity index (χ1) is 15.0. The van der Waals surface area contributed by atoms with Crippen molar-refractivity contribution in [3.63, 3.8) is 0 Å². The molecule has 0 bridgehead atoms. The Balaban J connectivity index is 1.44. The van der Waals surface area contributed by atoms with Crippen LogP contribution in [0.15, 0.2) is 36.4 Å². The number of rotatable bonds is 3. The first kappa shape index (κ1) is 20.2. The number of likely N-dealkylation sites (tertiary alicyclic amines) is 1. The molecule has 1 amide bonds. The van der Waals surface area contributed by atoms with Crippen LogP contribution in [0.1, 0.15) is 46.8 Å². The van der Waals surface area contributed by atoms with Crippen LogP contribution in [-0.2, 0) is 10.0 Å². The van der Waals surface area contributed by atoms with E-state index in [0.29, 0.717) is 44.0 Å². The highest BCUT2D eigenvalue weighted by Crippen LogP contribution is 2.43. The number of benzene rings is 2. The number of hydrogen-bond donors (Lipinski definition) is 0. The Morgan fingerprint density at radius 3 is 2.68 bits per heavy atom. The SMILES string of the molecule is Cc1cc(N2CCCS2(=O)=O)ccc1C(=O)N1CCCC1c1cccc2c1OCCO2. The van der Waals surface area contributed by atoms with E-state index in [1.54, 1.807) is 12.1 Å². The second kappa shape index (κ2) is 7.75. The zero-order valence-corrected chi connectivity index (χ0v) is 18.4. The minimum absolute atomic E-state index is 0.0369. The molecule has 0 aromatic heterocycles. The summed E-state index contributed by atoms with van der Waals surface area (Å²) in [7, 11) is -3.25. The molecule has 3 aliphatic rings. The van der Waals surface area contributed by atoms with E-state index in [1.807, 2.05) is 36.1 Å². The Kier molecular flexibility index (Phi) is 5.04. The van der Waals surface area contributed by atoms with Gasteiger partial charge in [-0.3, -0.25) is 9.10 Å². The molecule has 8 heteroatoms. The summed E-state index contributed by atoms with van der Waals surface area (Å²) in [6, 6.07) is 11.1. The van der Waals surface area contributed by atoms with E-state index < -0.39 is 10.0 Å². The Hall–Kier alpha value is -2.74. The topological polar surface area (TPSA) is 76.2 Å². The van der Waals surface area contributed by atoms with E-state index in [0.717, 1.165) is 35.5 Å². The Bertz CT molecular complexity index is 1130. The molecule has 0 N–H and O–H groups in total. The normalized spacial score (nSPS) is 22.0. The molecular weight excluding hydrogens is 416 g/mol. The molecule has 2 aromatic rings. The predicted octanol–water partition coefficient (Wildman–Crippen LogP) is 3.28. The highest BCUT2D eigenvalue weighted by atomic mass is 32.2. The molecule has 3 aliphatic heterocycles. The maximum atomic E-state index is 13.5. The number of anilines is 1. The fraction of sp³-hybridized carbons (Fsp3) is 0.435. The summed E-state index contributed by atoms with van der Waals surface area (Å²) in [6.07, 6.45) is 2.42. The van der Waals surface area contributed by atoms with Crippen LogP contribution in [0.25, 0.3) is 0 Å². The van der Waals surface area contributed by atoms with Gasteiger partial charge in [0.2, 0.25) is 10.0 Å². The Labute approximate surface area is 182 Å². The number of carbonyl (C=O) groups is 1. The number of aryl methyl sites for hydroxylation is 1. The van der Waals surface area contributed by atoms with Crippen LogP contribution in [-0.4, -0.2) is 51.3 Å². The molecule has 1 atom stereocenters. The lowest BCUT2D eigenvalue weighted by molar-refractivity contribution is 0.0730. The Morgan fingerprint density at radius 1 is 1.06 bits per heavy atom. The fourth-order valence-electron chi connectivity index (χ4n) is 4.82. The van der Waals surface area contributed by atoms with Gasteiger partial charge in [0.15, 0.2) is 11.5 Å². The molecule has 2 fully saturated rings. The van der Waals surface area contributed by atoms with Gasteiger partial charge in [0.1, 0.15) is 13.2 Å². The summed E-state index contributed by atoms with van der Waals surface area (Å²) in [6.45, 7) is 4.07. The van der Waals surface area contributed by atoms with Crippen molar-refractivity contribution in [3.05, 3.63) is 53.1 Å². The molecule has 7 nitrogen and oxygen atoms in total. The number of fused-ring (bicyclic) bond motifs is 1. The highest BCUT2D eigenvalue weighted by molar-refractivity contribution is 7.93. The molecule has 0 spiro atoms. The quantitative estimate of drug-likeness (QED) is 0.729. The number of carbonyl (C=O) groups excluding carboxylic acids is 1. The molecule has 1 unspecified atom stereocenters. The molecule has 0 radical (unpaired) electrons. The molecule has 2 saturated heterocycles.